The highest BCUT2D eigenvalue weighted by Crippen LogP contribution is 2.31. The number of carbonyl (C=O) groups is 2. The number of hydrogen-bond donors (Lipinski definition) is 0. The molecule has 3 rings (SSSR count). The van der Waals surface area contributed by atoms with Gasteiger partial charge in [0.1, 0.15) is 0 Å². The molecule has 5 heteroatoms. The fourth-order valence-electron chi connectivity index (χ4n) is 2.62. The van der Waals surface area contributed by atoms with Crippen molar-refractivity contribution in [3.63, 3.8) is 0 Å². The van der Waals surface area contributed by atoms with Crippen molar-refractivity contribution < 1.29 is 9.59 Å². The van der Waals surface area contributed by atoms with Gasteiger partial charge in [-0.1, -0.05) is 23.7 Å². The largest absolute Gasteiger partial charge is 0.339 e. The van der Waals surface area contributed by atoms with E-state index in [2.05, 4.69) is 0 Å². The molecule has 0 N–H and O–H groups in total. The van der Waals surface area contributed by atoms with Crippen molar-refractivity contribution in [3.05, 3.63) is 40.9 Å². The third-order valence-corrected chi connectivity index (χ3v) is 4.33. The zero-order chi connectivity index (χ0) is 15.5. The minimum absolute atomic E-state index is 0.0153. The topological polar surface area (TPSA) is 40.6 Å². The predicted octanol–water partition coefficient (Wildman–Crippen LogP) is 2.43. The molecule has 22 heavy (non-hydrogen) atoms. The molecule has 116 valence electrons. The summed E-state index contributed by atoms with van der Waals surface area (Å²) < 4.78 is 0. The van der Waals surface area contributed by atoms with Gasteiger partial charge < -0.3 is 9.80 Å². The highest BCUT2D eigenvalue weighted by Gasteiger charge is 2.34. The van der Waals surface area contributed by atoms with E-state index in [1.807, 2.05) is 23.1 Å². The summed E-state index contributed by atoms with van der Waals surface area (Å²) in [6.45, 7) is 2.51. The number of amides is 2. The maximum atomic E-state index is 12.2. The van der Waals surface area contributed by atoms with Gasteiger partial charge in [-0.25, -0.2) is 0 Å². The summed E-state index contributed by atoms with van der Waals surface area (Å²) in [4.78, 5) is 27.8. The molecule has 2 fully saturated rings. The zero-order valence-corrected chi connectivity index (χ0v) is 13.1. The second-order valence-corrected chi connectivity index (χ2v) is 6.25. The van der Waals surface area contributed by atoms with Crippen LogP contribution in [-0.4, -0.2) is 47.8 Å². The highest BCUT2D eigenvalue weighted by atomic mass is 35.5. The van der Waals surface area contributed by atoms with Gasteiger partial charge in [0.15, 0.2) is 0 Å². The summed E-state index contributed by atoms with van der Waals surface area (Å²) >= 11 is 5.92. The molecule has 1 aromatic rings. The van der Waals surface area contributed by atoms with Crippen LogP contribution in [0.25, 0.3) is 6.08 Å². The summed E-state index contributed by atoms with van der Waals surface area (Å²) in [7, 11) is 0. The SMILES string of the molecule is O=C(/C=C/c1cccc(Cl)c1)N1CCN(C(=O)C2CC2)CC1. The van der Waals surface area contributed by atoms with Crippen molar-refractivity contribution in [1.82, 2.24) is 9.80 Å². The lowest BCUT2D eigenvalue weighted by Crippen LogP contribution is -2.50. The van der Waals surface area contributed by atoms with Gasteiger partial charge in [-0.2, -0.15) is 0 Å². The molecule has 1 aliphatic heterocycles. The molecular weight excluding hydrogens is 300 g/mol. The van der Waals surface area contributed by atoms with E-state index in [0.29, 0.717) is 31.2 Å². The van der Waals surface area contributed by atoms with E-state index in [0.717, 1.165) is 18.4 Å². The lowest BCUT2D eigenvalue weighted by Gasteiger charge is -2.34. The lowest BCUT2D eigenvalue weighted by atomic mass is 10.2. The minimum Gasteiger partial charge on any atom is -0.339 e. The van der Waals surface area contributed by atoms with Gasteiger partial charge in [-0.15, -0.1) is 0 Å². The van der Waals surface area contributed by atoms with Crippen LogP contribution in [0.4, 0.5) is 0 Å². The molecule has 1 saturated heterocycles. The lowest BCUT2D eigenvalue weighted by molar-refractivity contribution is -0.138. The molecule has 0 unspecified atom stereocenters. The Bertz CT molecular complexity index is 602. The van der Waals surface area contributed by atoms with E-state index < -0.39 is 0 Å². The van der Waals surface area contributed by atoms with Crippen molar-refractivity contribution in [2.75, 3.05) is 26.2 Å². The molecule has 0 bridgehead atoms. The number of rotatable bonds is 3. The van der Waals surface area contributed by atoms with Crippen LogP contribution in [0.2, 0.25) is 5.02 Å². The Balaban J connectivity index is 1.52. The summed E-state index contributed by atoms with van der Waals surface area (Å²) in [6.07, 6.45) is 5.40. The fourth-order valence-corrected chi connectivity index (χ4v) is 2.82. The Morgan fingerprint density at radius 2 is 1.77 bits per heavy atom. The number of piperazine rings is 1. The monoisotopic (exact) mass is 318 g/mol. The molecule has 0 atom stereocenters. The van der Waals surface area contributed by atoms with Crippen molar-refractivity contribution >= 4 is 29.5 Å². The molecule has 0 aromatic heterocycles. The average Bonchev–Trinajstić information content (AvgIpc) is 3.37. The van der Waals surface area contributed by atoms with Crippen LogP contribution in [0.15, 0.2) is 30.3 Å². The maximum absolute atomic E-state index is 12.2. The molecule has 0 spiro atoms. The molecule has 1 aliphatic carbocycles. The first kappa shape index (κ1) is 15.1. The van der Waals surface area contributed by atoms with Crippen LogP contribution in [0.5, 0.6) is 0 Å². The van der Waals surface area contributed by atoms with Gasteiger partial charge in [0, 0.05) is 43.2 Å². The normalized spacial score (nSPS) is 18.8. The second-order valence-electron chi connectivity index (χ2n) is 5.81. The molecule has 2 aliphatic rings. The first-order chi connectivity index (χ1) is 10.6. The van der Waals surface area contributed by atoms with E-state index in [-0.39, 0.29) is 17.7 Å². The highest BCUT2D eigenvalue weighted by molar-refractivity contribution is 6.30. The summed E-state index contributed by atoms with van der Waals surface area (Å²) in [6, 6.07) is 7.38. The third-order valence-electron chi connectivity index (χ3n) is 4.10. The van der Waals surface area contributed by atoms with Crippen molar-refractivity contribution in [2.24, 2.45) is 5.92 Å². The van der Waals surface area contributed by atoms with Crippen molar-refractivity contribution in [3.8, 4) is 0 Å². The Kier molecular flexibility index (Phi) is 4.48. The van der Waals surface area contributed by atoms with E-state index in [9.17, 15) is 9.59 Å². The van der Waals surface area contributed by atoms with Crippen LogP contribution >= 0.6 is 11.6 Å². The van der Waals surface area contributed by atoms with E-state index in [4.69, 9.17) is 11.6 Å². The maximum Gasteiger partial charge on any atom is 0.246 e. The van der Waals surface area contributed by atoms with Crippen molar-refractivity contribution in [1.29, 1.82) is 0 Å². The second kappa shape index (κ2) is 6.53. The smallest absolute Gasteiger partial charge is 0.246 e. The third kappa shape index (κ3) is 3.69. The quantitative estimate of drug-likeness (QED) is 0.803. The van der Waals surface area contributed by atoms with Gasteiger partial charge in [-0.3, -0.25) is 9.59 Å². The van der Waals surface area contributed by atoms with Gasteiger partial charge in [0.25, 0.3) is 0 Å². The van der Waals surface area contributed by atoms with Crippen LogP contribution in [0.3, 0.4) is 0 Å². The molecular formula is C17H19ClN2O2. The molecule has 0 radical (unpaired) electrons. The van der Waals surface area contributed by atoms with Crippen LogP contribution in [0.1, 0.15) is 18.4 Å². The minimum atomic E-state index is -0.0153. The van der Waals surface area contributed by atoms with Crippen LogP contribution in [0, 0.1) is 5.92 Å². The van der Waals surface area contributed by atoms with Gasteiger partial charge in [-0.05, 0) is 36.6 Å². The molecule has 2 amide bonds. The molecule has 1 aromatic carbocycles. The van der Waals surface area contributed by atoms with Crippen LogP contribution < -0.4 is 0 Å². The van der Waals surface area contributed by atoms with E-state index in [1.54, 1.807) is 23.1 Å². The first-order valence-electron chi connectivity index (χ1n) is 7.65. The average molecular weight is 319 g/mol. The van der Waals surface area contributed by atoms with Crippen molar-refractivity contribution in [2.45, 2.75) is 12.8 Å². The zero-order valence-electron chi connectivity index (χ0n) is 12.4. The number of nitrogens with zero attached hydrogens (tertiary/aromatic N) is 2. The van der Waals surface area contributed by atoms with Gasteiger partial charge >= 0.3 is 0 Å². The van der Waals surface area contributed by atoms with Gasteiger partial charge in [0.2, 0.25) is 11.8 Å². The molecule has 4 nitrogen and oxygen atoms in total. The number of halogens is 1. The Morgan fingerprint density at radius 1 is 1.09 bits per heavy atom. The van der Waals surface area contributed by atoms with Gasteiger partial charge in [0.05, 0.1) is 0 Å². The summed E-state index contributed by atoms with van der Waals surface area (Å²) in [5.74, 6) is 0.505. The fraction of sp³-hybridized carbons (Fsp3) is 0.412. The number of benzene rings is 1. The van der Waals surface area contributed by atoms with E-state index in [1.165, 1.54) is 0 Å². The standard InChI is InChI=1S/C17H19ClN2O2/c18-15-3-1-2-13(12-15)4-7-16(21)19-8-10-20(11-9-19)17(22)14-5-6-14/h1-4,7,12,14H,5-6,8-11H2/b7-4+. The number of hydrogen-bond acceptors (Lipinski definition) is 2. The number of carbonyl (C=O) groups excluding carboxylic acids is 2. The summed E-state index contributed by atoms with van der Waals surface area (Å²) in [5, 5.41) is 0.654. The Morgan fingerprint density at radius 3 is 2.41 bits per heavy atom. The Labute approximate surface area is 135 Å². The first-order valence-corrected chi connectivity index (χ1v) is 8.02. The van der Waals surface area contributed by atoms with E-state index >= 15 is 0 Å². The molecule has 1 heterocycles. The predicted molar refractivity (Wildman–Crippen MR) is 86.4 cm³/mol. The van der Waals surface area contributed by atoms with Crippen LogP contribution in [-0.2, 0) is 9.59 Å². The molecule has 1 saturated carbocycles. The Hall–Kier alpha value is -1.81. The summed E-state index contributed by atoms with van der Waals surface area (Å²) in [5.41, 5.74) is 0.906.